The number of allylic oxidation sites excluding steroid dienone is 2. The molecule has 0 aromatic heterocycles. The number of hydrogen-bond donors (Lipinski definition) is 0. The maximum absolute atomic E-state index is 13.5. The summed E-state index contributed by atoms with van der Waals surface area (Å²) in [7, 11) is -0.958. The van der Waals surface area contributed by atoms with Crippen LogP contribution < -0.4 is 0 Å². The molecular weight excluding hydrogens is 376 g/mol. The third-order valence-corrected chi connectivity index (χ3v) is 11.7. The zero-order chi connectivity index (χ0) is 21.1. The molecule has 0 unspecified atom stereocenters. The summed E-state index contributed by atoms with van der Waals surface area (Å²) in [4.78, 5) is 38.1. The van der Waals surface area contributed by atoms with E-state index in [9.17, 15) is 14.4 Å². The highest BCUT2D eigenvalue weighted by Crippen LogP contribution is 2.57. The Morgan fingerprint density at radius 1 is 1.18 bits per heavy atom. The van der Waals surface area contributed by atoms with Crippen molar-refractivity contribution in [3.05, 3.63) is 12.2 Å². The van der Waals surface area contributed by atoms with Gasteiger partial charge in [0, 0.05) is 25.2 Å². The second-order valence-electron chi connectivity index (χ2n) is 9.95. The highest BCUT2D eigenvalue weighted by atomic mass is 28.4. The summed E-state index contributed by atoms with van der Waals surface area (Å²) in [6.45, 7) is 12.0. The molecule has 156 valence electrons. The number of methoxy groups -OCH3 is 1. The van der Waals surface area contributed by atoms with Crippen LogP contribution in [0.4, 0.5) is 0 Å². The van der Waals surface area contributed by atoms with Gasteiger partial charge in [0.05, 0.1) is 13.2 Å². The van der Waals surface area contributed by atoms with E-state index >= 15 is 0 Å². The first-order valence-corrected chi connectivity index (χ1v) is 12.9. The fourth-order valence-electron chi connectivity index (χ4n) is 4.93. The van der Waals surface area contributed by atoms with Crippen molar-refractivity contribution in [1.82, 2.24) is 0 Å². The van der Waals surface area contributed by atoms with Gasteiger partial charge < -0.3 is 13.9 Å². The Morgan fingerprint density at radius 3 is 2.32 bits per heavy atom. The molecule has 0 aromatic carbocycles. The molecular formula is C21H32O6Si. The second-order valence-corrected chi connectivity index (χ2v) is 14.7. The Hall–Kier alpha value is -1.47. The lowest BCUT2D eigenvalue weighted by Crippen LogP contribution is -2.64. The second kappa shape index (κ2) is 6.80. The Bertz CT molecular complexity index is 721. The van der Waals surface area contributed by atoms with Gasteiger partial charge in [0.1, 0.15) is 0 Å². The van der Waals surface area contributed by atoms with Crippen LogP contribution in [0.2, 0.25) is 18.1 Å². The molecule has 0 amide bonds. The fourth-order valence-corrected chi connectivity index (χ4v) is 6.28. The molecule has 3 rings (SSSR count). The van der Waals surface area contributed by atoms with Crippen LogP contribution in [0, 0.1) is 23.7 Å². The summed E-state index contributed by atoms with van der Waals surface area (Å²) in [5.74, 6) is -1.83. The minimum Gasteiger partial charge on any atom is -0.466 e. The van der Waals surface area contributed by atoms with Crippen molar-refractivity contribution in [3.63, 3.8) is 0 Å². The van der Waals surface area contributed by atoms with Crippen LogP contribution >= 0.6 is 0 Å². The molecule has 3 aliphatic carbocycles. The molecule has 2 saturated carbocycles. The summed E-state index contributed by atoms with van der Waals surface area (Å²) < 4.78 is 17.1. The lowest BCUT2D eigenvalue weighted by molar-refractivity contribution is -0.195. The van der Waals surface area contributed by atoms with Gasteiger partial charge in [0.2, 0.25) is 0 Å². The largest absolute Gasteiger partial charge is 0.466 e. The molecule has 6 atom stereocenters. The summed E-state index contributed by atoms with van der Waals surface area (Å²) in [5.41, 5.74) is -1.91. The highest BCUT2D eigenvalue weighted by molar-refractivity contribution is 6.74. The number of carbonyl (C=O) groups excluding carboxylic acids is 3. The zero-order valence-corrected chi connectivity index (χ0v) is 18.9. The van der Waals surface area contributed by atoms with Crippen molar-refractivity contribution in [2.24, 2.45) is 23.7 Å². The van der Waals surface area contributed by atoms with E-state index in [0.29, 0.717) is 0 Å². The van der Waals surface area contributed by atoms with Crippen LogP contribution in [0.1, 0.15) is 40.5 Å². The van der Waals surface area contributed by atoms with Crippen LogP contribution in [0.15, 0.2) is 12.2 Å². The van der Waals surface area contributed by atoms with Gasteiger partial charge >= 0.3 is 11.9 Å². The summed E-state index contributed by atoms with van der Waals surface area (Å²) in [6, 6.07) is 0. The Morgan fingerprint density at radius 2 is 1.79 bits per heavy atom. The first-order chi connectivity index (χ1) is 12.8. The Balaban J connectivity index is 2.05. The van der Waals surface area contributed by atoms with Gasteiger partial charge in [-0.25, -0.2) is 4.79 Å². The van der Waals surface area contributed by atoms with E-state index in [0.717, 1.165) is 6.42 Å². The molecule has 0 aliphatic heterocycles. The van der Waals surface area contributed by atoms with Crippen LogP contribution in [-0.4, -0.2) is 44.9 Å². The van der Waals surface area contributed by atoms with Gasteiger partial charge in [-0.05, 0) is 36.4 Å². The fraction of sp³-hybridized carbons (Fsp3) is 0.762. The summed E-state index contributed by atoms with van der Waals surface area (Å²) >= 11 is 0. The number of ether oxygens (including phenoxy) is 2. The average Bonchev–Trinajstić information content (AvgIpc) is 3.18. The molecule has 0 heterocycles. The van der Waals surface area contributed by atoms with E-state index in [1.165, 1.54) is 14.0 Å². The van der Waals surface area contributed by atoms with Gasteiger partial charge in [-0.2, -0.15) is 0 Å². The van der Waals surface area contributed by atoms with Gasteiger partial charge in [-0.3, -0.25) is 9.59 Å². The maximum atomic E-state index is 13.5. The van der Waals surface area contributed by atoms with Crippen molar-refractivity contribution in [2.75, 3.05) is 7.11 Å². The van der Waals surface area contributed by atoms with Crippen molar-refractivity contribution in [1.29, 1.82) is 0 Å². The smallest absolute Gasteiger partial charge is 0.358 e. The Kier molecular flexibility index (Phi) is 5.16. The standard InChI is InChI=1S/C21H32O6Si/c1-12(22)26-21(19(24)25-5)11-15(27-28(6,7)20(2,3)4)16-13-8-9-14(10-13)17(16)18(21)23/h8-9,13-17H,10-11H2,1-7H3/t13-,14+,15+,16+,17+,21+/m0/s1. The van der Waals surface area contributed by atoms with Crippen molar-refractivity contribution >= 4 is 26.0 Å². The Labute approximate surface area is 168 Å². The maximum Gasteiger partial charge on any atom is 0.358 e. The molecule has 0 radical (unpaired) electrons. The van der Waals surface area contributed by atoms with Crippen LogP contribution in [0.25, 0.3) is 0 Å². The number of esters is 2. The molecule has 0 N–H and O–H groups in total. The molecule has 2 bridgehead atoms. The van der Waals surface area contributed by atoms with Crippen LogP contribution in [0.5, 0.6) is 0 Å². The third-order valence-electron chi connectivity index (χ3n) is 7.22. The number of ketones is 1. The van der Waals surface area contributed by atoms with E-state index < -0.39 is 25.9 Å². The highest BCUT2D eigenvalue weighted by Gasteiger charge is 2.66. The summed E-state index contributed by atoms with van der Waals surface area (Å²) in [6.07, 6.45) is 4.83. The van der Waals surface area contributed by atoms with Crippen LogP contribution in [-0.2, 0) is 28.3 Å². The van der Waals surface area contributed by atoms with Gasteiger partial charge in [0.15, 0.2) is 14.1 Å². The van der Waals surface area contributed by atoms with Crippen LogP contribution in [0.3, 0.4) is 0 Å². The lowest BCUT2D eigenvalue weighted by atomic mass is 9.65. The minimum absolute atomic E-state index is 0.0185. The zero-order valence-electron chi connectivity index (χ0n) is 17.9. The quantitative estimate of drug-likeness (QED) is 0.307. The lowest BCUT2D eigenvalue weighted by Gasteiger charge is -2.49. The molecule has 6 nitrogen and oxygen atoms in total. The van der Waals surface area contributed by atoms with E-state index in [-0.39, 0.29) is 47.0 Å². The number of carbonyl (C=O) groups is 3. The molecule has 7 heteroatoms. The van der Waals surface area contributed by atoms with Gasteiger partial charge in [-0.1, -0.05) is 32.9 Å². The molecule has 0 aromatic rings. The number of hydrogen-bond acceptors (Lipinski definition) is 6. The molecule has 28 heavy (non-hydrogen) atoms. The predicted octanol–water partition coefficient (Wildman–Crippen LogP) is 3.26. The van der Waals surface area contributed by atoms with Gasteiger partial charge in [0.25, 0.3) is 5.60 Å². The number of rotatable bonds is 4. The van der Waals surface area contributed by atoms with E-state index in [2.05, 4.69) is 46.0 Å². The van der Waals surface area contributed by atoms with E-state index in [1.807, 2.05) is 0 Å². The minimum atomic E-state index is -2.18. The monoisotopic (exact) mass is 408 g/mol. The third kappa shape index (κ3) is 3.16. The van der Waals surface area contributed by atoms with Gasteiger partial charge in [-0.15, -0.1) is 0 Å². The topological polar surface area (TPSA) is 78.9 Å². The first-order valence-electron chi connectivity index (χ1n) is 10.0. The molecule has 0 spiro atoms. The summed E-state index contributed by atoms with van der Waals surface area (Å²) in [5, 5.41) is -0.0211. The number of fused-ring (bicyclic) bond motifs is 5. The van der Waals surface area contributed by atoms with Crippen molar-refractivity contribution < 1.29 is 28.3 Å². The van der Waals surface area contributed by atoms with Crippen molar-refractivity contribution in [2.45, 2.75) is 70.4 Å². The SMILES string of the molecule is COC(=O)[C@@]1(OC(C)=O)C[C@@H](O[Si](C)(C)C(C)(C)C)[C@@H]2[C@H](C1=O)[C@@H]1C=C[C@H]2C1. The normalized spacial score (nSPS) is 37.0. The number of Topliss-reactive ketones (excluding diaryl/α,β-unsaturated/α-hetero) is 1. The molecule has 2 fully saturated rings. The first kappa shape index (κ1) is 21.2. The van der Waals surface area contributed by atoms with Crippen molar-refractivity contribution in [3.8, 4) is 0 Å². The molecule has 3 aliphatic rings. The van der Waals surface area contributed by atoms with E-state index in [1.54, 1.807) is 0 Å². The van der Waals surface area contributed by atoms with E-state index in [4.69, 9.17) is 13.9 Å². The average molecular weight is 409 g/mol. The predicted molar refractivity (Wildman–Crippen MR) is 106 cm³/mol. The molecule has 0 saturated heterocycles.